The molecule has 1 heteroatoms. The maximum Gasteiger partial charge on any atom is 0.130 e. The lowest BCUT2D eigenvalue weighted by atomic mass is 9.71. The van der Waals surface area contributed by atoms with Crippen LogP contribution in [0.3, 0.4) is 0 Å². The van der Waals surface area contributed by atoms with Crippen molar-refractivity contribution in [2.75, 3.05) is 0 Å². The first-order valence-electron chi connectivity index (χ1n) is 16.7. The Hall–Kier alpha value is -5.66. The van der Waals surface area contributed by atoms with Gasteiger partial charge in [0.2, 0.25) is 0 Å². The van der Waals surface area contributed by atoms with Crippen LogP contribution in [-0.4, -0.2) is 0 Å². The molecule has 2 aliphatic carbocycles. The van der Waals surface area contributed by atoms with Crippen LogP contribution in [0.5, 0.6) is 5.75 Å². The predicted octanol–water partition coefficient (Wildman–Crippen LogP) is 12.2. The minimum Gasteiger partial charge on any atom is -0.461 e. The maximum atomic E-state index is 6.59. The molecule has 0 fully saturated rings. The third kappa shape index (κ3) is 3.90. The van der Waals surface area contributed by atoms with Gasteiger partial charge in [-0.1, -0.05) is 134 Å². The maximum absolute atomic E-state index is 6.59. The van der Waals surface area contributed by atoms with Gasteiger partial charge in [-0.05, 0) is 114 Å². The minimum absolute atomic E-state index is 0.242. The molecule has 0 amide bonds. The lowest BCUT2D eigenvalue weighted by molar-refractivity contribution is 0.415. The Bertz CT molecular complexity index is 2420. The van der Waals surface area contributed by atoms with Gasteiger partial charge in [-0.25, -0.2) is 0 Å². The average Bonchev–Trinajstić information content (AvgIpc) is 3.75. The highest BCUT2D eigenvalue weighted by Gasteiger charge is 2.40. The van der Waals surface area contributed by atoms with E-state index in [4.69, 9.17) is 4.74 Å². The zero-order chi connectivity index (χ0) is 31.1. The molecule has 7 aromatic rings. The van der Waals surface area contributed by atoms with Gasteiger partial charge in [0.05, 0.1) is 5.92 Å². The third-order valence-corrected chi connectivity index (χ3v) is 10.7. The van der Waals surface area contributed by atoms with Gasteiger partial charge in [-0.15, -0.1) is 0 Å². The summed E-state index contributed by atoms with van der Waals surface area (Å²) in [6.45, 7) is 2.41. The van der Waals surface area contributed by atoms with Gasteiger partial charge in [0.1, 0.15) is 11.5 Å². The van der Waals surface area contributed by atoms with Crippen molar-refractivity contribution in [1.82, 2.24) is 0 Å². The van der Waals surface area contributed by atoms with E-state index < -0.39 is 0 Å². The number of benzene rings is 7. The summed E-state index contributed by atoms with van der Waals surface area (Å²) in [5.74, 6) is 2.62. The van der Waals surface area contributed by atoms with Crippen LogP contribution in [0.2, 0.25) is 0 Å². The van der Waals surface area contributed by atoms with E-state index >= 15 is 0 Å². The first-order chi connectivity index (χ1) is 23.2. The standard InChI is InChI=1S/C46H32O/c1-28-43-33-23-12-16-31(33)26-39(40(43)27-42-44(28)38-22-9-10-24-41(38)47-42)46-36-20-7-5-18-34(36)45(35-19-6-8-21-37(35)46)32-17-11-15-30(25-32)29-13-3-2-4-14-29/h2-22,24-28,44H,23H2,1H3. The van der Waals surface area contributed by atoms with Gasteiger partial charge >= 0.3 is 0 Å². The lowest BCUT2D eigenvalue weighted by Gasteiger charge is -2.31. The zero-order valence-corrected chi connectivity index (χ0v) is 26.2. The van der Waals surface area contributed by atoms with Crippen LogP contribution in [0.1, 0.15) is 46.6 Å². The van der Waals surface area contributed by atoms with Crippen molar-refractivity contribution in [3.05, 3.63) is 173 Å². The van der Waals surface area contributed by atoms with E-state index in [-0.39, 0.29) is 5.92 Å². The number of fused-ring (bicyclic) bond motifs is 8. The van der Waals surface area contributed by atoms with Gasteiger partial charge < -0.3 is 4.74 Å². The number of allylic oxidation sites excluding steroid dienone is 2. The van der Waals surface area contributed by atoms with Crippen molar-refractivity contribution in [1.29, 1.82) is 0 Å². The molecule has 0 bridgehead atoms. The average molecular weight is 601 g/mol. The van der Waals surface area contributed by atoms with E-state index in [1.165, 1.54) is 82.7 Å². The molecule has 1 heterocycles. The first-order valence-corrected chi connectivity index (χ1v) is 16.7. The van der Waals surface area contributed by atoms with Gasteiger partial charge in [0, 0.05) is 5.56 Å². The molecule has 2 atom stereocenters. The summed E-state index contributed by atoms with van der Waals surface area (Å²) in [4.78, 5) is 0. The Balaban J connectivity index is 1.27. The minimum atomic E-state index is 0.242. The first kappa shape index (κ1) is 26.5. The van der Waals surface area contributed by atoms with Crippen molar-refractivity contribution >= 4 is 33.7 Å². The quantitative estimate of drug-likeness (QED) is 0.183. The molecular formula is C46H32O. The second-order valence-electron chi connectivity index (χ2n) is 13.2. The van der Waals surface area contributed by atoms with Crippen molar-refractivity contribution < 1.29 is 4.74 Å². The van der Waals surface area contributed by atoms with E-state index in [0.717, 1.165) is 17.9 Å². The highest BCUT2D eigenvalue weighted by atomic mass is 16.5. The second kappa shape index (κ2) is 10.2. The Labute approximate surface area is 275 Å². The lowest BCUT2D eigenvalue weighted by Crippen LogP contribution is -2.17. The topological polar surface area (TPSA) is 9.23 Å². The van der Waals surface area contributed by atoms with Crippen molar-refractivity contribution in [3.8, 4) is 39.1 Å². The van der Waals surface area contributed by atoms with Gasteiger partial charge in [0.25, 0.3) is 0 Å². The number of hydrogen-bond donors (Lipinski definition) is 0. The smallest absolute Gasteiger partial charge is 0.130 e. The monoisotopic (exact) mass is 600 g/mol. The molecule has 222 valence electrons. The number of rotatable bonds is 3. The largest absolute Gasteiger partial charge is 0.461 e. The van der Waals surface area contributed by atoms with Crippen molar-refractivity contribution in [2.45, 2.75) is 25.2 Å². The SMILES string of the molecule is CC1c2c(c(-c3c4ccccc4c(-c4cccc(-c5ccccc5)c4)c4ccccc34)cc3c2CC=C3)C=C2Oc3ccccc3C21. The van der Waals surface area contributed by atoms with E-state index in [0.29, 0.717) is 5.92 Å². The molecule has 7 aromatic carbocycles. The number of para-hydroxylation sites is 1. The Morgan fingerprint density at radius 3 is 2.00 bits per heavy atom. The van der Waals surface area contributed by atoms with E-state index in [1.807, 2.05) is 0 Å². The molecule has 0 saturated heterocycles. The summed E-state index contributed by atoms with van der Waals surface area (Å²) >= 11 is 0. The van der Waals surface area contributed by atoms with Crippen LogP contribution in [0, 0.1) is 0 Å². The summed E-state index contributed by atoms with van der Waals surface area (Å²) in [6, 6.07) is 48.8. The molecule has 2 unspecified atom stereocenters. The van der Waals surface area contributed by atoms with Crippen LogP contribution < -0.4 is 4.74 Å². The molecule has 0 spiro atoms. The Morgan fingerprint density at radius 1 is 0.596 bits per heavy atom. The highest BCUT2D eigenvalue weighted by molar-refractivity contribution is 6.22. The normalized spacial score (nSPS) is 17.2. The van der Waals surface area contributed by atoms with Crippen LogP contribution in [0.15, 0.2) is 145 Å². The molecule has 3 aliphatic rings. The molecule has 0 aromatic heterocycles. The molecule has 10 rings (SSSR count). The number of ether oxygens (including phenoxy) is 1. The molecule has 1 aliphatic heterocycles. The molecule has 47 heavy (non-hydrogen) atoms. The summed E-state index contributed by atoms with van der Waals surface area (Å²) in [6.07, 6.45) is 8.02. The second-order valence-corrected chi connectivity index (χ2v) is 13.2. The van der Waals surface area contributed by atoms with Gasteiger partial charge in [0.15, 0.2) is 0 Å². The van der Waals surface area contributed by atoms with Crippen LogP contribution in [0.25, 0.3) is 67.1 Å². The molecule has 0 radical (unpaired) electrons. The zero-order valence-electron chi connectivity index (χ0n) is 26.2. The fraction of sp³-hybridized carbons (Fsp3) is 0.0870. The summed E-state index contributed by atoms with van der Waals surface area (Å²) in [5.41, 5.74) is 14.5. The van der Waals surface area contributed by atoms with Crippen molar-refractivity contribution in [3.63, 3.8) is 0 Å². The summed E-state index contributed by atoms with van der Waals surface area (Å²) in [7, 11) is 0. The van der Waals surface area contributed by atoms with Gasteiger partial charge in [-0.2, -0.15) is 0 Å². The molecule has 0 N–H and O–H groups in total. The van der Waals surface area contributed by atoms with Crippen LogP contribution >= 0.6 is 0 Å². The Kier molecular flexibility index (Phi) is 5.75. The van der Waals surface area contributed by atoms with Gasteiger partial charge in [-0.3, -0.25) is 0 Å². The highest BCUT2D eigenvalue weighted by Crippen LogP contribution is 2.56. The van der Waals surface area contributed by atoms with Crippen LogP contribution in [0.4, 0.5) is 0 Å². The summed E-state index contributed by atoms with van der Waals surface area (Å²) < 4.78 is 6.59. The van der Waals surface area contributed by atoms with Crippen LogP contribution in [-0.2, 0) is 6.42 Å². The van der Waals surface area contributed by atoms with Crippen molar-refractivity contribution in [2.24, 2.45) is 0 Å². The molecule has 1 nitrogen and oxygen atoms in total. The Morgan fingerprint density at radius 2 is 1.23 bits per heavy atom. The van der Waals surface area contributed by atoms with E-state index in [2.05, 4.69) is 159 Å². The molecule has 0 saturated carbocycles. The predicted molar refractivity (Wildman–Crippen MR) is 197 cm³/mol. The van der Waals surface area contributed by atoms with E-state index in [9.17, 15) is 0 Å². The fourth-order valence-corrected chi connectivity index (χ4v) is 8.68. The van der Waals surface area contributed by atoms with E-state index in [1.54, 1.807) is 0 Å². The molecular weight excluding hydrogens is 569 g/mol. The fourth-order valence-electron chi connectivity index (χ4n) is 8.68. The summed E-state index contributed by atoms with van der Waals surface area (Å²) in [5, 5.41) is 5.10. The third-order valence-electron chi connectivity index (χ3n) is 10.7. The number of hydrogen-bond acceptors (Lipinski definition) is 1.